The third-order valence-corrected chi connectivity index (χ3v) is 6.82. The maximum atomic E-state index is 13.7. The molecule has 2 saturated carbocycles. The van der Waals surface area contributed by atoms with E-state index in [2.05, 4.69) is 46.3 Å². The Bertz CT molecular complexity index is 949. The molecule has 1 N–H and O–H groups in total. The van der Waals surface area contributed by atoms with Crippen LogP contribution in [0.4, 0.5) is 11.4 Å². The van der Waals surface area contributed by atoms with Crippen LogP contribution >= 0.6 is 0 Å². The third-order valence-electron chi connectivity index (χ3n) is 6.82. The van der Waals surface area contributed by atoms with Gasteiger partial charge in [0.15, 0.2) is 0 Å². The first-order valence-electron chi connectivity index (χ1n) is 11.9. The SMILES string of the molecule is CC[C@@H](C(=O)N(Cc1cc(NC(=O)C2CCC2)ccc1N(C)C)C1CC1)c1ccccc1. The molecule has 5 heteroatoms. The van der Waals surface area contributed by atoms with Crippen LogP contribution in [0.5, 0.6) is 0 Å². The second-order valence-electron chi connectivity index (χ2n) is 9.42. The molecule has 0 bridgehead atoms. The Kier molecular flexibility index (Phi) is 6.83. The second-order valence-corrected chi connectivity index (χ2v) is 9.42. The lowest BCUT2D eigenvalue weighted by molar-refractivity contribution is -0.134. The zero-order valence-corrected chi connectivity index (χ0v) is 19.5. The highest BCUT2D eigenvalue weighted by Crippen LogP contribution is 2.35. The first-order valence-corrected chi connectivity index (χ1v) is 11.9. The van der Waals surface area contributed by atoms with Crippen LogP contribution in [-0.2, 0) is 16.1 Å². The van der Waals surface area contributed by atoms with Crippen LogP contribution in [0.15, 0.2) is 48.5 Å². The van der Waals surface area contributed by atoms with Gasteiger partial charge < -0.3 is 15.1 Å². The Labute approximate surface area is 191 Å². The Morgan fingerprint density at radius 3 is 2.31 bits per heavy atom. The van der Waals surface area contributed by atoms with Crippen LogP contribution < -0.4 is 10.2 Å². The van der Waals surface area contributed by atoms with Gasteiger partial charge in [-0.1, -0.05) is 43.7 Å². The molecule has 5 nitrogen and oxygen atoms in total. The lowest BCUT2D eigenvalue weighted by Gasteiger charge is -2.30. The van der Waals surface area contributed by atoms with Crippen molar-refractivity contribution in [1.29, 1.82) is 0 Å². The summed E-state index contributed by atoms with van der Waals surface area (Å²) in [5.74, 6) is 0.341. The normalized spacial score (nSPS) is 16.7. The van der Waals surface area contributed by atoms with Crippen molar-refractivity contribution < 1.29 is 9.59 Å². The number of carbonyl (C=O) groups excluding carboxylic acids is 2. The van der Waals surface area contributed by atoms with Gasteiger partial charge >= 0.3 is 0 Å². The fourth-order valence-corrected chi connectivity index (χ4v) is 4.54. The number of nitrogens with zero attached hydrogens (tertiary/aromatic N) is 2. The summed E-state index contributed by atoms with van der Waals surface area (Å²) in [6.07, 6.45) is 6.01. The van der Waals surface area contributed by atoms with Gasteiger partial charge in [0.1, 0.15) is 0 Å². The molecule has 2 aliphatic rings. The molecule has 2 fully saturated rings. The van der Waals surface area contributed by atoms with Crippen LogP contribution in [0, 0.1) is 5.92 Å². The van der Waals surface area contributed by atoms with Crippen LogP contribution in [-0.4, -0.2) is 36.9 Å². The maximum Gasteiger partial charge on any atom is 0.230 e. The van der Waals surface area contributed by atoms with Crippen molar-refractivity contribution in [3.8, 4) is 0 Å². The number of anilines is 2. The van der Waals surface area contributed by atoms with E-state index in [0.29, 0.717) is 12.6 Å². The molecule has 0 aromatic heterocycles. The molecule has 0 radical (unpaired) electrons. The molecular formula is C27H35N3O2. The summed E-state index contributed by atoms with van der Waals surface area (Å²) >= 11 is 0. The lowest BCUT2D eigenvalue weighted by Crippen LogP contribution is -2.37. The van der Waals surface area contributed by atoms with Crippen molar-refractivity contribution in [2.75, 3.05) is 24.3 Å². The molecule has 2 aliphatic carbocycles. The second kappa shape index (κ2) is 9.76. The highest BCUT2D eigenvalue weighted by Gasteiger charge is 2.36. The summed E-state index contributed by atoms with van der Waals surface area (Å²) < 4.78 is 0. The topological polar surface area (TPSA) is 52.7 Å². The standard InChI is InChI=1S/C27H35N3O2/c1-4-24(19-9-6-5-7-10-19)27(32)30(23-14-15-23)18-21-17-22(13-16-25(21)29(2)3)28-26(31)20-11-8-12-20/h5-7,9-10,13,16-17,20,23-24H,4,8,11-12,14-15,18H2,1-3H3,(H,28,31)/t24-/m1/s1. The smallest absolute Gasteiger partial charge is 0.230 e. The van der Waals surface area contributed by atoms with E-state index < -0.39 is 0 Å². The minimum Gasteiger partial charge on any atom is -0.377 e. The average Bonchev–Trinajstić information content (AvgIpc) is 3.57. The summed E-state index contributed by atoms with van der Waals surface area (Å²) in [7, 11) is 4.04. The monoisotopic (exact) mass is 433 g/mol. The van der Waals surface area contributed by atoms with E-state index in [1.165, 1.54) is 0 Å². The molecule has 0 saturated heterocycles. The molecule has 0 heterocycles. The van der Waals surface area contributed by atoms with Crippen molar-refractivity contribution in [2.45, 2.75) is 64.0 Å². The summed E-state index contributed by atoms with van der Waals surface area (Å²) in [6.45, 7) is 2.65. The Balaban J connectivity index is 1.58. The van der Waals surface area contributed by atoms with Crippen molar-refractivity contribution in [1.82, 2.24) is 4.90 Å². The summed E-state index contributed by atoms with van der Waals surface area (Å²) in [5, 5.41) is 3.10. The number of carbonyl (C=O) groups is 2. The molecule has 2 aromatic carbocycles. The van der Waals surface area contributed by atoms with Crippen molar-refractivity contribution in [2.24, 2.45) is 5.92 Å². The van der Waals surface area contributed by atoms with Gasteiger partial charge in [-0.15, -0.1) is 0 Å². The third kappa shape index (κ3) is 4.98. The number of benzene rings is 2. The first-order chi connectivity index (χ1) is 15.5. The molecule has 0 spiro atoms. The van der Waals surface area contributed by atoms with Crippen LogP contribution in [0.2, 0.25) is 0 Å². The van der Waals surface area contributed by atoms with Crippen LogP contribution in [0.25, 0.3) is 0 Å². The van der Waals surface area contributed by atoms with Gasteiger partial charge in [-0.2, -0.15) is 0 Å². The van der Waals surface area contributed by atoms with Gasteiger partial charge in [0, 0.05) is 44.0 Å². The molecule has 1 atom stereocenters. The summed E-state index contributed by atoms with van der Waals surface area (Å²) in [4.78, 5) is 30.3. The number of hydrogen-bond acceptors (Lipinski definition) is 3. The van der Waals surface area contributed by atoms with Gasteiger partial charge in [0.2, 0.25) is 11.8 Å². The van der Waals surface area contributed by atoms with Crippen molar-refractivity contribution in [3.05, 3.63) is 59.7 Å². The average molecular weight is 434 g/mol. The molecular weight excluding hydrogens is 398 g/mol. The van der Waals surface area contributed by atoms with E-state index in [1.54, 1.807) is 0 Å². The minimum atomic E-state index is -0.124. The molecule has 0 unspecified atom stereocenters. The molecule has 32 heavy (non-hydrogen) atoms. The number of hydrogen-bond donors (Lipinski definition) is 1. The molecule has 4 rings (SSSR count). The fourth-order valence-electron chi connectivity index (χ4n) is 4.54. The quantitative estimate of drug-likeness (QED) is 0.593. The van der Waals surface area contributed by atoms with E-state index in [1.807, 2.05) is 38.4 Å². The molecule has 0 aliphatic heterocycles. The fraction of sp³-hybridized carbons (Fsp3) is 0.481. The van der Waals surface area contributed by atoms with Crippen LogP contribution in [0.1, 0.15) is 62.5 Å². The van der Waals surface area contributed by atoms with E-state index in [9.17, 15) is 9.59 Å². The minimum absolute atomic E-state index is 0.116. The van der Waals surface area contributed by atoms with Gasteiger partial charge in [-0.05, 0) is 61.4 Å². The first kappa shape index (κ1) is 22.4. The van der Waals surface area contributed by atoms with Gasteiger partial charge in [0.25, 0.3) is 0 Å². The summed E-state index contributed by atoms with van der Waals surface area (Å²) in [6, 6.07) is 16.5. The predicted octanol–water partition coefficient (Wildman–Crippen LogP) is 5.18. The molecule has 2 aromatic rings. The maximum absolute atomic E-state index is 13.7. The number of rotatable bonds is 9. The van der Waals surface area contributed by atoms with Gasteiger partial charge in [-0.25, -0.2) is 0 Å². The highest BCUT2D eigenvalue weighted by molar-refractivity contribution is 5.93. The number of amides is 2. The van der Waals surface area contributed by atoms with E-state index in [0.717, 1.165) is 61.0 Å². The van der Waals surface area contributed by atoms with Crippen LogP contribution in [0.3, 0.4) is 0 Å². The number of nitrogens with one attached hydrogen (secondary N) is 1. The highest BCUT2D eigenvalue weighted by atomic mass is 16.2. The van der Waals surface area contributed by atoms with E-state index in [-0.39, 0.29) is 23.7 Å². The van der Waals surface area contributed by atoms with Gasteiger partial charge in [0.05, 0.1) is 5.92 Å². The summed E-state index contributed by atoms with van der Waals surface area (Å²) in [5.41, 5.74) is 4.06. The predicted molar refractivity (Wildman–Crippen MR) is 130 cm³/mol. The van der Waals surface area contributed by atoms with Gasteiger partial charge in [-0.3, -0.25) is 9.59 Å². The van der Waals surface area contributed by atoms with E-state index >= 15 is 0 Å². The lowest BCUT2D eigenvalue weighted by atomic mass is 9.85. The van der Waals surface area contributed by atoms with E-state index in [4.69, 9.17) is 0 Å². The largest absolute Gasteiger partial charge is 0.377 e. The Hall–Kier alpha value is -2.82. The zero-order chi connectivity index (χ0) is 22.7. The Morgan fingerprint density at radius 1 is 1.03 bits per heavy atom. The molecule has 2 amide bonds. The van der Waals surface area contributed by atoms with Crippen molar-refractivity contribution in [3.63, 3.8) is 0 Å². The zero-order valence-electron chi connectivity index (χ0n) is 19.5. The van der Waals surface area contributed by atoms with Crippen molar-refractivity contribution >= 4 is 23.2 Å². The molecule has 170 valence electrons. The Morgan fingerprint density at radius 2 is 1.75 bits per heavy atom.